The van der Waals surface area contributed by atoms with E-state index in [0.717, 1.165) is 44.5 Å². The van der Waals surface area contributed by atoms with Crippen molar-refractivity contribution in [2.45, 2.75) is 13.5 Å². The zero-order valence-corrected chi connectivity index (χ0v) is 21.1. The molecule has 0 aliphatic heterocycles. The topological polar surface area (TPSA) is 117 Å². The number of aryl methyl sites for hydroxylation is 1. The van der Waals surface area contributed by atoms with E-state index in [-0.39, 0.29) is 19.0 Å². The third-order valence-corrected chi connectivity index (χ3v) is 6.20. The lowest BCUT2D eigenvalue weighted by Gasteiger charge is -2.11. The van der Waals surface area contributed by atoms with Crippen molar-refractivity contribution in [2.75, 3.05) is 18.7 Å². The third-order valence-electron chi connectivity index (χ3n) is 6.20. The van der Waals surface area contributed by atoms with Crippen LogP contribution in [0.4, 0.5) is 5.69 Å². The highest BCUT2D eigenvalue weighted by Gasteiger charge is 2.12. The van der Waals surface area contributed by atoms with Crippen LogP contribution in [0.3, 0.4) is 0 Å². The highest BCUT2D eigenvalue weighted by Crippen LogP contribution is 2.25. The maximum Gasteiger partial charge on any atom is 0.374 e. The molecule has 0 atom stereocenters. The van der Waals surface area contributed by atoms with Gasteiger partial charge in [0.15, 0.2) is 5.65 Å². The van der Waals surface area contributed by atoms with Crippen molar-refractivity contribution in [3.05, 3.63) is 102 Å². The molecule has 0 spiro atoms. The fourth-order valence-electron chi connectivity index (χ4n) is 4.23. The number of nitrogens with one attached hydrogen (secondary N) is 1. The Morgan fingerprint density at radius 3 is 2.79 bits per heavy atom. The van der Waals surface area contributed by atoms with E-state index in [1.54, 1.807) is 18.3 Å². The molecule has 10 nitrogen and oxygen atoms in total. The van der Waals surface area contributed by atoms with Crippen LogP contribution >= 0.6 is 0 Å². The number of hydrogen-bond acceptors (Lipinski definition) is 9. The average molecular weight is 521 g/mol. The number of carbonyl (C=O) groups is 1. The Morgan fingerprint density at radius 1 is 1.00 bits per heavy atom. The van der Waals surface area contributed by atoms with Gasteiger partial charge >= 0.3 is 5.97 Å². The molecule has 4 aromatic heterocycles. The highest BCUT2D eigenvalue weighted by atomic mass is 16.7. The van der Waals surface area contributed by atoms with E-state index in [2.05, 4.69) is 26.8 Å². The van der Waals surface area contributed by atoms with E-state index in [9.17, 15) is 4.79 Å². The molecule has 10 heteroatoms. The van der Waals surface area contributed by atoms with Gasteiger partial charge in [0.2, 0.25) is 5.76 Å². The van der Waals surface area contributed by atoms with Gasteiger partial charge in [-0.1, -0.05) is 23.4 Å². The van der Waals surface area contributed by atoms with Crippen LogP contribution in [0.1, 0.15) is 21.7 Å². The minimum atomic E-state index is -0.528. The lowest BCUT2D eigenvalue weighted by Crippen LogP contribution is -2.13. The first-order valence-corrected chi connectivity index (χ1v) is 12.4. The summed E-state index contributed by atoms with van der Waals surface area (Å²) in [6.45, 7) is 2.79. The number of carbonyl (C=O) groups excluding carboxylic acids is 1. The molecular formula is C29H24N6O4. The number of fused-ring (bicyclic) bond motifs is 2. The van der Waals surface area contributed by atoms with Crippen molar-refractivity contribution in [3.8, 4) is 11.3 Å². The van der Waals surface area contributed by atoms with Crippen LogP contribution in [0.25, 0.3) is 33.3 Å². The normalized spacial score (nSPS) is 11.2. The molecule has 0 radical (unpaired) electrons. The van der Waals surface area contributed by atoms with Gasteiger partial charge < -0.3 is 9.15 Å². The first-order valence-electron chi connectivity index (χ1n) is 12.4. The Kier molecular flexibility index (Phi) is 6.67. The fourth-order valence-corrected chi connectivity index (χ4v) is 4.23. The highest BCUT2D eigenvalue weighted by molar-refractivity contribution is 5.86. The summed E-state index contributed by atoms with van der Waals surface area (Å²) < 4.78 is 11.9. The predicted octanol–water partition coefficient (Wildman–Crippen LogP) is 5.19. The molecule has 0 amide bonds. The molecule has 0 aliphatic carbocycles. The van der Waals surface area contributed by atoms with Crippen LogP contribution in [0, 0.1) is 6.92 Å². The minimum absolute atomic E-state index is 0.0887. The van der Waals surface area contributed by atoms with Crippen molar-refractivity contribution < 1.29 is 18.8 Å². The van der Waals surface area contributed by atoms with Crippen molar-refractivity contribution >= 4 is 33.7 Å². The first kappa shape index (κ1) is 24.3. The van der Waals surface area contributed by atoms with Gasteiger partial charge in [-0.25, -0.2) is 14.5 Å². The van der Waals surface area contributed by atoms with Crippen LogP contribution in [-0.4, -0.2) is 44.1 Å². The lowest BCUT2D eigenvalue weighted by atomic mass is 10.1. The Morgan fingerprint density at radius 2 is 1.92 bits per heavy atom. The molecule has 0 bridgehead atoms. The number of nitrogens with zero attached hydrogens (tertiary/aromatic N) is 5. The Labute approximate surface area is 223 Å². The molecule has 194 valence electrons. The molecule has 39 heavy (non-hydrogen) atoms. The molecule has 0 aliphatic rings. The number of benzene rings is 2. The van der Waals surface area contributed by atoms with Gasteiger partial charge in [0.1, 0.15) is 18.7 Å². The Hall–Kier alpha value is -5.09. The molecule has 0 fully saturated rings. The number of anilines is 1. The number of hydrogen-bond donors (Lipinski definition) is 1. The molecule has 6 rings (SSSR count). The summed E-state index contributed by atoms with van der Waals surface area (Å²) in [7, 11) is 0. The zero-order chi connectivity index (χ0) is 26.6. The van der Waals surface area contributed by atoms with Crippen LogP contribution < -0.4 is 5.48 Å². The second kappa shape index (κ2) is 10.7. The maximum atomic E-state index is 11.8. The van der Waals surface area contributed by atoms with Crippen LogP contribution in [0.15, 0.2) is 89.7 Å². The summed E-state index contributed by atoms with van der Waals surface area (Å²) in [5, 5.41) is 9.71. The molecule has 0 unspecified atom stereocenters. The number of esters is 1. The molecule has 4 heterocycles. The number of aromatic nitrogens is 5. The number of rotatable bonds is 9. The molecule has 2 aromatic carbocycles. The van der Waals surface area contributed by atoms with Gasteiger partial charge in [-0.2, -0.15) is 0 Å². The van der Waals surface area contributed by atoms with Gasteiger partial charge in [-0.15, -0.1) is 5.10 Å². The first-order chi connectivity index (χ1) is 19.1. The van der Waals surface area contributed by atoms with Crippen LogP contribution in [-0.2, 0) is 16.1 Å². The summed E-state index contributed by atoms with van der Waals surface area (Å²) in [4.78, 5) is 26.5. The monoisotopic (exact) mass is 520 g/mol. The van der Waals surface area contributed by atoms with Crippen molar-refractivity contribution in [2.24, 2.45) is 0 Å². The van der Waals surface area contributed by atoms with E-state index < -0.39 is 5.97 Å². The number of furan rings is 1. The summed E-state index contributed by atoms with van der Waals surface area (Å²) >= 11 is 0. The molecule has 6 aromatic rings. The number of pyridine rings is 2. The van der Waals surface area contributed by atoms with Gasteiger partial charge in [0.05, 0.1) is 29.7 Å². The minimum Gasteiger partial charge on any atom is -0.457 e. The van der Waals surface area contributed by atoms with Gasteiger partial charge in [0.25, 0.3) is 0 Å². The standard InChI is InChI=1S/C29H24N6O4/c1-19-16-22(7-9-23(19)33-39-15-14-38-29(36)27-5-3-13-37-27)25-10-11-26-28(31-25)35(34-32-26)18-20-6-8-24-21(17-20)4-2-12-30-24/h2-13,16-17,33H,14-15,18H2,1H3. The van der Waals surface area contributed by atoms with Crippen molar-refractivity contribution in [1.29, 1.82) is 0 Å². The van der Waals surface area contributed by atoms with Gasteiger partial charge in [-0.05, 0) is 72.6 Å². The summed E-state index contributed by atoms with van der Waals surface area (Å²) in [6.07, 6.45) is 3.21. The largest absolute Gasteiger partial charge is 0.457 e. The zero-order valence-electron chi connectivity index (χ0n) is 21.1. The van der Waals surface area contributed by atoms with Crippen LogP contribution in [0.2, 0.25) is 0 Å². The smallest absolute Gasteiger partial charge is 0.374 e. The Balaban J connectivity index is 1.12. The summed E-state index contributed by atoms with van der Waals surface area (Å²) in [6, 6.07) is 23.1. The molecule has 0 saturated heterocycles. The summed E-state index contributed by atoms with van der Waals surface area (Å²) in [5.41, 5.74) is 9.95. The quantitative estimate of drug-likeness (QED) is 0.156. The second-order valence-corrected chi connectivity index (χ2v) is 8.91. The van der Waals surface area contributed by atoms with E-state index >= 15 is 0 Å². The third kappa shape index (κ3) is 5.32. The summed E-state index contributed by atoms with van der Waals surface area (Å²) in [5.74, 6) is -0.369. The van der Waals surface area contributed by atoms with E-state index in [1.165, 1.54) is 6.26 Å². The average Bonchev–Trinajstić information content (AvgIpc) is 3.64. The second-order valence-electron chi connectivity index (χ2n) is 8.91. The van der Waals surface area contributed by atoms with E-state index in [0.29, 0.717) is 12.2 Å². The predicted molar refractivity (Wildman–Crippen MR) is 145 cm³/mol. The molecular weight excluding hydrogens is 496 g/mol. The van der Waals surface area contributed by atoms with Gasteiger partial charge in [-0.3, -0.25) is 15.3 Å². The van der Waals surface area contributed by atoms with Gasteiger partial charge in [0, 0.05) is 17.1 Å². The number of ether oxygens (including phenoxy) is 1. The van der Waals surface area contributed by atoms with Crippen molar-refractivity contribution in [1.82, 2.24) is 25.0 Å². The molecule has 1 N–H and O–H groups in total. The Bertz CT molecular complexity index is 1760. The fraction of sp³-hybridized carbons (Fsp3) is 0.138. The van der Waals surface area contributed by atoms with E-state index in [4.69, 9.17) is 19.0 Å². The van der Waals surface area contributed by atoms with E-state index in [1.807, 2.05) is 66.2 Å². The van der Waals surface area contributed by atoms with Crippen LogP contribution in [0.5, 0.6) is 0 Å². The maximum absolute atomic E-state index is 11.8. The lowest BCUT2D eigenvalue weighted by molar-refractivity contribution is 0.0352. The molecule has 0 saturated carbocycles. The SMILES string of the molecule is Cc1cc(-c2ccc3nnn(Cc4ccc5ncccc5c4)c3n2)ccc1NOCCOC(=O)c1ccco1. The van der Waals surface area contributed by atoms with Crippen molar-refractivity contribution in [3.63, 3.8) is 0 Å².